The molecule has 6 heteroatoms. The predicted molar refractivity (Wildman–Crippen MR) is 86.4 cm³/mol. The molecule has 2 rings (SSSR count). The first-order valence-electron chi connectivity index (χ1n) is 8.53. The van der Waals surface area contributed by atoms with Gasteiger partial charge in [-0.2, -0.15) is 17.0 Å². The van der Waals surface area contributed by atoms with Crippen LogP contribution in [0.1, 0.15) is 52.4 Å². The highest BCUT2D eigenvalue weighted by Gasteiger charge is 2.35. The largest absolute Gasteiger partial charge is 0.317 e. The molecule has 21 heavy (non-hydrogen) atoms. The van der Waals surface area contributed by atoms with E-state index in [2.05, 4.69) is 12.2 Å². The molecular formula is C15H31N3O2S. The highest BCUT2D eigenvalue weighted by atomic mass is 32.2. The zero-order valence-electron chi connectivity index (χ0n) is 13.6. The van der Waals surface area contributed by atoms with Gasteiger partial charge in [-0.25, -0.2) is 0 Å². The third-order valence-electron chi connectivity index (χ3n) is 4.76. The van der Waals surface area contributed by atoms with Crippen LogP contribution >= 0.6 is 0 Å². The van der Waals surface area contributed by atoms with E-state index in [0.29, 0.717) is 25.6 Å². The lowest BCUT2D eigenvalue weighted by Gasteiger charge is -2.38. The second-order valence-corrected chi connectivity index (χ2v) is 8.40. The lowest BCUT2D eigenvalue weighted by Crippen LogP contribution is -2.51. The van der Waals surface area contributed by atoms with Crippen molar-refractivity contribution in [3.05, 3.63) is 0 Å². The quantitative estimate of drug-likeness (QED) is 0.813. The third-order valence-corrected chi connectivity index (χ3v) is 6.88. The first kappa shape index (κ1) is 17.2. The Morgan fingerprint density at radius 2 is 1.90 bits per heavy atom. The molecule has 0 saturated carbocycles. The fourth-order valence-corrected chi connectivity index (χ4v) is 5.49. The fraction of sp³-hybridized carbons (Fsp3) is 1.00. The van der Waals surface area contributed by atoms with E-state index in [1.807, 2.05) is 6.92 Å². The van der Waals surface area contributed by atoms with Crippen molar-refractivity contribution in [1.29, 1.82) is 0 Å². The summed E-state index contributed by atoms with van der Waals surface area (Å²) in [5, 5.41) is 3.35. The van der Waals surface area contributed by atoms with Gasteiger partial charge in [0.05, 0.1) is 0 Å². The maximum absolute atomic E-state index is 13.0. The number of piperidine rings is 2. The molecule has 124 valence electrons. The minimum absolute atomic E-state index is 0.149. The average molecular weight is 317 g/mol. The molecule has 1 atom stereocenters. The molecule has 2 heterocycles. The zero-order valence-corrected chi connectivity index (χ0v) is 14.4. The number of hydrogen-bond acceptors (Lipinski definition) is 3. The minimum Gasteiger partial charge on any atom is -0.317 e. The standard InChI is InChI=1S/C15H31N3O2S/c1-3-11-17(13-15-7-9-16-10-8-15)21(19,20)18-12-5-4-6-14(18)2/h14-16H,3-13H2,1-2H3. The smallest absolute Gasteiger partial charge is 0.282 e. The van der Waals surface area contributed by atoms with Gasteiger partial charge in [-0.1, -0.05) is 13.3 Å². The summed E-state index contributed by atoms with van der Waals surface area (Å²) in [6.07, 6.45) is 6.20. The van der Waals surface area contributed by atoms with Gasteiger partial charge in [0.1, 0.15) is 0 Å². The first-order valence-corrected chi connectivity index (χ1v) is 9.93. The van der Waals surface area contributed by atoms with Crippen LogP contribution in [0, 0.1) is 5.92 Å². The molecule has 5 nitrogen and oxygen atoms in total. The van der Waals surface area contributed by atoms with Crippen LogP contribution in [0.3, 0.4) is 0 Å². The average Bonchev–Trinajstić information content (AvgIpc) is 2.48. The van der Waals surface area contributed by atoms with Crippen molar-refractivity contribution in [3.63, 3.8) is 0 Å². The Bertz CT molecular complexity index is 407. The molecule has 0 amide bonds. The van der Waals surface area contributed by atoms with Gasteiger partial charge in [0.2, 0.25) is 0 Å². The van der Waals surface area contributed by atoms with Crippen molar-refractivity contribution in [2.75, 3.05) is 32.7 Å². The van der Waals surface area contributed by atoms with Gasteiger partial charge in [0, 0.05) is 25.7 Å². The third kappa shape index (κ3) is 4.41. The van der Waals surface area contributed by atoms with Crippen LogP contribution in [0.2, 0.25) is 0 Å². The van der Waals surface area contributed by atoms with Gasteiger partial charge in [0.15, 0.2) is 0 Å². The van der Waals surface area contributed by atoms with Gasteiger partial charge in [0.25, 0.3) is 10.2 Å². The highest BCUT2D eigenvalue weighted by Crippen LogP contribution is 2.24. The Morgan fingerprint density at radius 3 is 2.52 bits per heavy atom. The molecule has 2 aliphatic rings. The Labute approximate surface area is 130 Å². The summed E-state index contributed by atoms with van der Waals surface area (Å²) >= 11 is 0. The lowest BCUT2D eigenvalue weighted by molar-refractivity contribution is 0.227. The zero-order chi connectivity index (χ0) is 15.3. The second-order valence-electron chi connectivity index (χ2n) is 6.51. The predicted octanol–water partition coefficient (Wildman–Crippen LogP) is 1.82. The summed E-state index contributed by atoms with van der Waals surface area (Å²) in [5.74, 6) is 0.507. The van der Waals surface area contributed by atoms with Crippen molar-refractivity contribution in [1.82, 2.24) is 13.9 Å². The van der Waals surface area contributed by atoms with Crippen LogP contribution < -0.4 is 5.32 Å². The summed E-state index contributed by atoms with van der Waals surface area (Å²) < 4.78 is 29.5. The minimum atomic E-state index is -3.29. The molecule has 0 aromatic carbocycles. The van der Waals surface area contributed by atoms with Gasteiger partial charge in [-0.05, 0) is 58.0 Å². The molecular weight excluding hydrogens is 286 g/mol. The Kier molecular flexibility index (Phi) is 6.47. The number of nitrogens with one attached hydrogen (secondary N) is 1. The van der Waals surface area contributed by atoms with Crippen LogP contribution in [0.15, 0.2) is 0 Å². The maximum Gasteiger partial charge on any atom is 0.282 e. The van der Waals surface area contributed by atoms with E-state index in [0.717, 1.165) is 51.6 Å². The molecule has 2 fully saturated rings. The summed E-state index contributed by atoms with van der Waals surface area (Å²) in [5.41, 5.74) is 0. The van der Waals surface area contributed by atoms with Crippen molar-refractivity contribution < 1.29 is 8.42 Å². The van der Waals surface area contributed by atoms with Gasteiger partial charge >= 0.3 is 0 Å². The monoisotopic (exact) mass is 317 g/mol. The Balaban J connectivity index is 2.07. The fourth-order valence-electron chi connectivity index (χ4n) is 3.47. The van der Waals surface area contributed by atoms with Crippen LogP contribution in [-0.4, -0.2) is 55.8 Å². The highest BCUT2D eigenvalue weighted by molar-refractivity contribution is 7.86. The SMILES string of the molecule is CCCN(CC1CCNCC1)S(=O)(=O)N1CCCCC1C. The van der Waals surface area contributed by atoms with E-state index < -0.39 is 10.2 Å². The lowest BCUT2D eigenvalue weighted by atomic mass is 9.98. The van der Waals surface area contributed by atoms with E-state index >= 15 is 0 Å². The van der Waals surface area contributed by atoms with Crippen molar-refractivity contribution in [3.8, 4) is 0 Å². The molecule has 0 spiro atoms. The number of hydrogen-bond donors (Lipinski definition) is 1. The van der Waals surface area contributed by atoms with Gasteiger partial charge < -0.3 is 5.32 Å². The number of rotatable bonds is 6. The van der Waals surface area contributed by atoms with Crippen LogP contribution in [-0.2, 0) is 10.2 Å². The molecule has 1 N–H and O–H groups in total. The number of nitrogens with zero attached hydrogens (tertiary/aromatic N) is 2. The van der Waals surface area contributed by atoms with E-state index in [1.54, 1.807) is 8.61 Å². The van der Waals surface area contributed by atoms with Crippen molar-refractivity contribution in [2.45, 2.75) is 58.4 Å². The molecule has 2 aliphatic heterocycles. The van der Waals surface area contributed by atoms with Crippen molar-refractivity contribution in [2.24, 2.45) is 5.92 Å². The summed E-state index contributed by atoms with van der Waals surface area (Å²) in [6, 6.07) is 0.149. The molecule has 2 saturated heterocycles. The Hall–Kier alpha value is -0.170. The summed E-state index contributed by atoms with van der Waals surface area (Å²) in [7, 11) is -3.29. The summed E-state index contributed by atoms with van der Waals surface area (Å²) in [6.45, 7) is 8.18. The normalized spacial score (nSPS) is 26.3. The van der Waals surface area contributed by atoms with Crippen molar-refractivity contribution >= 4 is 10.2 Å². The van der Waals surface area contributed by atoms with E-state index in [9.17, 15) is 8.42 Å². The van der Waals surface area contributed by atoms with Crippen LogP contribution in [0.25, 0.3) is 0 Å². The molecule has 0 bridgehead atoms. The first-order chi connectivity index (χ1) is 10.1. The molecule has 0 radical (unpaired) electrons. The van der Waals surface area contributed by atoms with Crippen LogP contribution in [0.4, 0.5) is 0 Å². The molecule has 1 unspecified atom stereocenters. The molecule has 0 aliphatic carbocycles. The second kappa shape index (κ2) is 7.90. The van der Waals surface area contributed by atoms with E-state index in [4.69, 9.17) is 0 Å². The Morgan fingerprint density at radius 1 is 1.19 bits per heavy atom. The van der Waals surface area contributed by atoms with Gasteiger partial charge in [-0.15, -0.1) is 0 Å². The maximum atomic E-state index is 13.0. The van der Waals surface area contributed by atoms with Gasteiger partial charge in [-0.3, -0.25) is 0 Å². The molecule has 0 aromatic rings. The topological polar surface area (TPSA) is 52.7 Å². The van der Waals surface area contributed by atoms with E-state index in [1.165, 1.54) is 0 Å². The summed E-state index contributed by atoms with van der Waals surface area (Å²) in [4.78, 5) is 0. The van der Waals surface area contributed by atoms with E-state index in [-0.39, 0.29) is 6.04 Å². The molecule has 0 aromatic heterocycles. The van der Waals surface area contributed by atoms with Crippen LogP contribution in [0.5, 0.6) is 0 Å².